The van der Waals surface area contributed by atoms with Crippen LogP contribution in [0, 0.1) is 5.82 Å². The van der Waals surface area contributed by atoms with Crippen LogP contribution in [0.2, 0.25) is 0 Å². The normalized spacial score (nSPS) is 25.1. The van der Waals surface area contributed by atoms with E-state index in [0.29, 0.717) is 23.4 Å². The molecule has 1 aliphatic heterocycles. The van der Waals surface area contributed by atoms with Crippen molar-refractivity contribution in [1.29, 1.82) is 0 Å². The number of halogens is 2. The molecule has 4 nitrogen and oxygen atoms in total. The largest absolute Gasteiger partial charge is 0.394 e. The van der Waals surface area contributed by atoms with Crippen LogP contribution < -0.4 is 4.90 Å². The molecule has 0 amide bonds. The number of aliphatic hydroxyl groups excluding tert-OH is 1. The summed E-state index contributed by atoms with van der Waals surface area (Å²) in [6.45, 7) is 2.85. The van der Waals surface area contributed by atoms with Crippen molar-refractivity contribution in [3.8, 4) is 0 Å². The Bertz CT molecular complexity index is 405. The fourth-order valence-corrected chi connectivity index (χ4v) is 2.26. The number of hydrogen-bond donors (Lipinski definition) is 1. The Balaban J connectivity index is 2.20. The minimum atomic E-state index is -0.370. The minimum Gasteiger partial charge on any atom is -0.394 e. The summed E-state index contributed by atoms with van der Waals surface area (Å²) in [5.74, 6) is -0.0630. The van der Waals surface area contributed by atoms with Crippen molar-refractivity contribution in [2.24, 2.45) is 0 Å². The number of ether oxygens (including phenoxy) is 1. The molecule has 0 radical (unpaired) electrons. The summed E-state index contributed by atoms with van der Waals surface area (Å²) in [6, 6.07) is 1.39. The molecule has 1 fully saturated rings. The summed E-state index contributed by atoms with van der Waals surface area (Å²) in [5.41, 5.74) is 0. The first-order chi connectivity index (χ1) is 8.10. The van der Waals surface area contributed by atoms with Crippen molar-refractivity contribution < 1.29 is 14.2 Å². The van der Waals surface area contributed by atoms with Gasteiger partial charge in [0, 0.05) is 23.8 Å². The minimum absolute atomic E-state index is 0.0502. The summed E-state index contributed by atoms with van der Waals surface area (Å²) < 4.78 is 19.9. The van der Waals surface area contributed by atoms with Gasteiger partial charge in [-0.05, 0) is 28.9 Å². The highest BCUT2D eigenvalue weighted by Crippen LogP contribution is 2.23. The van der Waals surface area contributed by atoms with Crippen LogP contribution in [0.25, 0.3) is 0 Å². The third kappa shape index (κ3) is 2.94. The fourth-order valence-electron chi connectivity index (χ4n) is 1.96. The van der Waals surface area contributed by atoms with E-state index in [9.17, 15) is 4.39 Å². The smallest absolute Gasteiger partial charge is 0.166 e. The number of aromatic nitrogens is 1. The molecule has 1 aliphatic rings. The number of anilines is 1. The van der Waals surface area contributed by atoms with E-state index in [0.717, 1.165) is 0 Å². The van der Waals surface area contributed by atoms with Gasteiger partial charge in [0.2, 0.25) is 0 Å². The summed E-state index contributed by atoms with van der Waals surface area (Å²) in [7, 11) is 0. The van der Waals surface area contributed by atoms with Gasteiger partial charge in [-0.3, -0.25) is 0 Å². The summed E-state index contributed by atoms with van der Waals surface area (Å²) in [6.07, 6.45) is 1.22. The number of aliphatic hydroxyl groups is 1. The van der Waals surface area contributed by atoms with Crippen molar-refractivity contribution in [1.82, 2.24) is 4.98 Å². The zero-order chi connectivity index (χ0) is 12.4. The van der Waals surface area contributed by atoms with Gasteiger partial charge in [0.1, 0.15) is 0 Å². The molecule has 0 aliphatic carbocycles. The van der Waals surface area contributed by atoms with E-state index in [4.69, 9.17) is 9.84 Å². The fraction of sp³-hybridized carbons (Fsp3) is 0.545. The second kappa shape index (κ2) is 5.29. The quantitative estimate of drug-likeness (QED) is 0.901. The molecular weight excluding hydrogens is 291 g/mol. The molecule has 17 heavy (non-hydrogen) atoms. The Morgan fingerprint density at radius 2 is 2.41 bits per heavy atom. The molecule has 1 aromatic rings. The standard InChI is InChI=1S/C11H14BrFN2O2/c1-7-4-15(5-9(6-16)17-7)11-10(13)2-8(12)3-14-11/h2-3,7,9,16H,4-6H2,1H3. The first-order valence-corrected chi connectivity index (χ1v) is 6.21. The van der Waals surface area contributed by atoms with Gasteiger partial charge in [-0.2, -0.15) is 0 Å². The maximum absolute atomic E-state index is 13.8. The number of nitrogens with zero attached hydrogens (tertiary/aromatic N) is 2. The molecule has 0 bridgehead atoms. The van der Waals surface area contributed by atoms with Crippen molar-refractivity contribution in [3.05, 3.63) is 22.6 Å². The van der Waals surface area contributed by atoms with Crippen LogP contribution in [-0.2, 0) is 4.74 Å². The van der Waals surface area contributed by atoms with Gasteiger partial charge >= 0.3 is 0 Å². The molecule has 0 aromatic carbocycles. The van der Waals surface area contributed by atoms with E-state index in [1.54, 1.807) is 11.1 Å². The Kier molecular flexibility index (Phi) is 3.96. The lowest BCUT2D eigenvalue weighted by atomic mass is 10.2. The van der Waals surface area contributed by atoms with Crippen LogP contribution in [0.1, 0.15) is 6.92 Å². The molecule has 2 heterocycles. The van der Waals surface area contributed by atoms with Crippen LogP contribution in [0.3, 0.4) is 0 Å². The highest BCUT2D eigenvalue weighted by Gasteiger charge is 2.27. The Morgan fingerprint density at radius 3 is 3.06 bits per heavy atom. The van der Waals surface area contributed by atoms with Crippen LogP contribution >= 0.6 is 15.9 Å². The van der Waals surface area contributed by atoms with E-state index in [1.165, 1.54) is 6.07 Å². The molecule has 0 spiro atoms. The SMILES string of the molecule is CC1CN(c2ncc(Br)cc2F)CC(CO)O1. The first-order valence-electron chi connectivity index (χ1n) is 5.42. The zero-order valence-corrected chi connectivity index (χ0v) is 11.0. The number of morpholine rings is 1. The Hall–Kier alpha value is -0.720. The Labute approximate surface area is 108 Å². The second-order valence-corrected chi connectivity index (χ2v) is 5.03. The number of hydrogen-bond acceptors (Lipinski definition) is 4. The van der Waals surface area contributed by atoms with Gasteiger partial charge in [-0.15, -0.1) is 0 Å². The van der Waals surface area contributed by atoms with Crippen molar-refractivity contribution >= 4 is 21.7 Å². The predicted octanol–water partition coefficient (Wildman–Crippen LogP) is 1.57. The van der Waals surface area contributed by atoms with Crippen molar-refractivity contribution in [2.45, 2.75) is 19.1 Å². The Morgan fingerprint density at radius 1 is 1.65 bits per heavy atom. The van der Waals surface area contributed by atoms with Crippen LogP contribution in [-0.4, -0.2) is 42.0 Å². The lowest BCUT2D eigenvalue weighted by Gasteiger charge is -2.36. The van der Waals surface area contributed by atoms with E-state index < -0.39 is 0 Å². The third-order valence-electron chi connectivity index (χ3n) is 2.62. The molecule has 2 rings (SSSR count). The predicted molar refractivity (Wildman–Crippen MR) is 65.5 cm³/mol. The van der Waals surface area contributed by atoms with Gasteiger partial charge in [0.05, 0.1) is 18.8 Å². The molecular formula is C11H14BrFN2O2. The molecule has 1 aromatic heterocycles. The number of pyridine rings is 1. The topological polar surface area (TPSA) is 45.6 Å². The van der Waals surface area contributed by atoms with Gasteiger partial charge in [0.25, 0.3) is 0 Å². The third-order valence-corrected chi connectivity index (χ3v) is 3.05. The first kappa shape index (κ1) is 12.7. The summed E-state index contributed by atoms with van der Waals surface area (Å²) in [5, 5.41) is 9.11. The van der Waals surface area contributed by atoms with Crippen LogP contribution in [0.4, 0.5) is 10.2 Å². The zero-order valence-electron chi connectivity index (χ0n) is 9.44. The average Bonchev–Trinajstić information content (AvgIpc) is 2.28. The van der Waals surface area contributed by atoms with Gasteiger partial charge in [-0.1, -0.05) is 0 Å². The van der Waals surface area contributed by atoms with E-state index in [-0.39, 0.29) is 24.6 Å². The molecule has 0 saturated carbocycles. The van der Waals surface area contributed by atoms with Gasteiger partial charge in [0.15, 0.2) is 11.6 Å². The summed E-state index contributed by atoms with van der Waals surface area (Å²) >= 11 is 3.17. The van der Waals surface area contributed by atoms with Gasteiger partial charge in [-0.25, -0.2) is 9.37 Å². The van der Waals surface area contributed by atoms with Gasteiger partial charge < -0.3 is 14.7 Å². The van der Waals surface area contributed by atoms with Crippen molar-refractivity contribution in [2.75, 3.05) is 24.6 Å². The molecule has 6 heteroatoms. The summed E-state index contributed by atoms with van der Waals surface area (Å²) in [4.78, 5) is 5.87. The number of rotatable bonds is 2. The van der Waals surface area contributed by atoms with E-state index in [1.807, 2.05) is 6.92 Å². The molecule has 94 valence electrons. The van der Waals surface area contributed by atoms with Crippen molar-refractivity contribution in [3.63, 3.8) is 0 Å². The molecule has 2 atom stereocenters. The van der Waals surface area contributed by atoms with E-state index >= 15 is 0 Å². The lowest BCUT2D eigenvalue weighted by molar-refractivity contribution is -0.0424. The molecule has 1 N–H and O–H groups in total. The monoisotopic (exact) mass is 304 g/mol. The average molecular weight is 305 g/mol. The molecule has 1 saturated heterocycles. The van der Waals surface area contributed by atoms with Crippen LogP contribution in [0.15, 0.2) is 16.7 Å². The lowest BCUT2D eigenvalue weighted by Crippen LogP contribution is -2.48. The second-order valence-electron chi connectivity index (χ2n) is 4.12. The van der Waals surface area contributed by atoms with E-state index in [2.05, 4.69) is 20.9 Å². The van der Waals surface area contributed by atoms with Crippen LogP contribution in [0.5, 0.6) is 0 Å². The highest BCUT2D eigenvalue weighted by atomic mass is 79.9. The highest BCUT2D eigenvalue weighted by molar-refractivity contribution is 9.10. The molecule has 2 unspecified atom stereocenters. The maximum atomic E-state index is 13.8. The maximum Gasteiger partial charge on any atom is 0.166 e.